The van der Waals surface area contributed by atoms with Gasteiger partial charge >= 0.3 is 5.97 Å². The largest absolute Gasteiger partial charge is 0.462 e. The fourth-order valence-electron chi connectivity index (χ4n) is 2.24. The molecule has 1 amide bonds. The Morgan fingerprint density at radius 3 is 2.86 bits per heavy atom. The van der Waals surface area contributed by atoms with E-state index in [-0.39, 0.29) is 16.3 Å². The second-order valence-corrected chi connectivity index (χ2v) is 7.45. The zero-order valence-electron chi connectivity index (χ0n) is 12.2. The summed E-state index contributed by atoms with van der Waals surface area (Å²) in [5.41, 5.74) is 0.432. The third-order valence-electron chi connectivity index (χ3n) is 3.00. The number of hydrogen-bond acceptors (Lipinski definition) is 6. The Morgan fingerprint density at radius 1 is 1.52 bits per heavy atom. The van der Waals surface area contributed by atoms with Crippen LogP contribution in [-0.2, 0) is 14.3 Å². The lowest BCUT2D eigenvalue weighted by atomic mass is 10.3. The number of nitrogens with zero attached hydrogens (tertiary/aromatic N) is 1. The van der Waals surface area contributed by atoms with Crippen molar-refractivity contribution < 1.29 is 19.1 Å². The summed E-state index contributed by atoms with van der Waals surface area (Å²) in [7, 11) is 0. The number of thioether (sulfide) groups is 1. The molecule has 0 spiro atoms. The first-order chi connectivity index (χ1) is 9.92. The molecule has 0 aliphatic carbocycles. The molecule has 0 radical (unpaired) electrons. The topological polar surface area (TPSA) is 63.7 Å². The number of hydrogen-bond donors (Lipinski definition) is 0. The first-order valence-corrected chi connectivity index (χ1v) is 8.37. The number of carbonyl (C=O) groups excluding carboxylic acids is 3. The van der Waals surface area contributed by atoms with Crippen LogP contribution in [-0.4, -0.2) is 35.4 Å². The van der Waals surface area contributed by atoms with Gasteiger partial charge in [0.25, 0.3) is 0 Å². The molecule has 7 heteroatoms. The highest BCUT2D eigenvalue weighted by Gasteiger charge is 2.35. The minimum absolute atomic E-state index is 0.00243. The van der Waals surface area contributed by atoms with E-state index >= 15 is 0 Å². The van der Waals surface area contributed by atoms with E-state index in [1.165, 1.54) is 30.0 Å². The number of aryl methyl sites for hydroxylation is 1. The van der Waals surface area contributed by atoms with Gasteiger partial charge in [-0.3, -0.25) is 9.59 Å². The molecule has 114 valence electrons. The van der Waals surface area contributed by atoms with E-state index in [0.29, 0.717) is 30.1 Å². The van der Waals surface area contributed by atoms with E-state index in [9.17, 15) is 14.4 Å². The number of rotatable bonds is 4. The molecule has 1 unspecified atom stereocenters. The maximum atomic E-state index is 12.2. The Balaban J connectivity index is 2.24. The highest BCUT2D eigenvalue weighted by atomic mass is 32.2. The van der Waals surface area contributed by atoms with Gasteiger partial charge in [0.05, 0.1) is 12.2 Å². The number of esters is 1. The van der Waals surface area contributed by atoms with Crippen molar-refractivity contribution in [2.24, 2.45) is 0 Å². The normalized spacial score (nSPS) is 18.1. The Hall–Kier alpha value is -1.34. The van der Waals surface area contributed by atoms with E-state index in [4.69, 9.17) is 4.74 Å². The molecular weight excluding hydrogens is 310 g/mol. The summed E-state index contributed by atoms with van der Waals surface area (Å²) >= 11 is 2.58. The van der Waals surface area contributed by atoms with Gasteiger partial charge in [0.15, 0.2) is 5.12 Å². The van der Waals surface area contributed by atoms with E-state index in [1.54, 1.807) is 17.9 Å². The van der Waals surface area contributed by atoms with Crippen molar-refractivity contribution >= 4 is 45.1 Å². The fraction of sp³-hybridized carbons (Fsp3) is 0.500. The van der Waals surface area contributed by atoms with Gasteiger partial charge in [0, 0.05) is 30.0 Å². The van der Waals surface area contributed by atoms with Crippen molar-refractivity contribution in [1.82, 2.24) is 0 Å². The van der Waals surface area contributed by atoms with Crippen molar-refractivity contribution in [1.29, 1.82) is 0 Å². The molecule has 5 nitrogen and oxygen atoms in total. The molecule has 1 aromatic rings. The maximum Gasteiger partial charge on any atom is 0.341 e. The molecule has 1 fully saturated rings. The number of thiophene rings is 1. The molecule has 0 aromatic carbocycles. The van der Waals surface area contributed by atoms with Crippen molar-refractivity contribution in [3.05, 3.63) is 16.5 Å². The van der Waals surface area contributed by atoms with E-state index in [0.717, 1.165) is 4.88 Å². The van der Waals surface area contributed by atoms with Gasteiger partial charge in [-0.05, 0) is 19.9 Å². The number of amides is 1. The molecule has 0 N–H and O–H groups in total. The van der Waals surface area contributed by atoms with Crippen LogP contribution in [0.3, 0.4) is 0 Å². The van der Waals surface area contributed by atoms with Gasteiger partial charge in [0.2, 0.25) is 5.91 Å². The Morgan fingerprint density at radius 2 is 2.24 bits per heavy atom. The van der Waals surface area contributed by atoms with Crippen molar-refractivity contribution in [3.63, 3.8) is 0 Å². The molecule has 1 aliphatic heterocycles. The van der Waals surface area contributed by atoms with Crippen LogP contribution in [0.2, 0.25) is 0 Å². The fourth-order valence-corrected chi connectivity index (χ4v) is 4.18. The predicted octanol–water partition coefficient (Wildman–Crippen LogP) is 2.62. The standard InChI is InChI=1S/C14H17NO4S2/c1-4-19-14(18)11-5-8(2)20-13(11)15-7-10(6-12(15)17)21-9(3)16/h5,10H,4,6-7H2,1-3H3. The second kappa shape index (κ2) is 6.62. The molecule has 2 rings (SSSR count). The molecular formula is C14H17NO4S2. The first-order valence-electron chi connectivity index (χ1n) is 6.67. The summed E-state index contributed by atoms with van der Waals surface area (Å²) in [6, 6.07) is 1.75. The highest BCUT2D eigenvalue weighted by molar-refractivity contribution is 8.14. The van der Waals surface area contributed by atoms with Crippen molar-refractivity contribution in [3.8, 4) is 0 Å². The predicted molar refractivity (Wildman–Crippen MR) is 84.0 cm³/mol. The minimum atomic E-state index is -0.410. The maximum absolute atomic E-state index is 12.2. The summed E-state index contributed by atoms with van der Waals surface area (Å²) in [6.45, 7) is 5.88. The van der Waals surface area contributed by atoms with Crippen LogP contribution in [0, 0.1) is 6.92 Å². The van der Waals surface area contributed by atoms with E-state index in [1.807, 2.05) is 6.92 Å². The lowest BCUT2D eigenvalue weighted by molar-refractivity contribution is -0.117. The van der Waals surface area contributed by atoms with Crippen molar-refractivity contribution in [2.45, 2.75) is 32.4 Å². The van der Waals surface area contributed by atoms with Crippen LogP contribution in [0.15, 0.2) is 6.07 Å². The van der Waals surface area contributed by atoms with E-state index in [2.05, 4.69) is 0 Å². The number of carbonyl (C=O) groups is 3. The first kappa shape index (κ1) is 16.0. The molecule has 2 heterocycles. The van der Waals surface area contributed by atoms with Gasteiger partial charge in [-0.2, -0.15) is 0 Å². The molecule has 1 aromatic heterocycles. The highest BCUT2D eigenvalue weighted by Crippen LogP contribution is 2.36. The molecule has 1 atom stereocenters. The average Bonchev–Trinajstić information content (AvgIpc) is 2.92. The smallest absolute Gasteiger partial charge is 0.341 e. The van der Waals surface area contributed by atoms with Crippen LogP contribution in [0.1, 0.15) is 35.5 Å². The third-order valence-corrected chi connectivity index (χ3v) is 5.05. The Kier molecular flexibility index (Phi) is 5.05. The van der Waals surface area contributed by atoms with Crippen molar-refractivity contribution in [2.75, 3.05) is 18.1 Å². The number of ether oxygens (including phenoxy) is 1. The molecule has 21 heavy (non-hydrogen) atoms. The lowest BCUT2D eigenvalue weighted by Gasteiger charge is -2.16. The molecule has 0 saturated carbocycles. The Labute approximate surface area is 131 Å². The number of anilines is 1. The van der Waals surface area contributed by atoms with Crippen LogP contribution in [0.25, 0.3) is 0 Å². The van der Waals surface area contributed by atoms with Crippen LogP contribution >= 0.6 is 23.1 Å². The van der Waals surface area contributed by atoms with Gasteiger partial charge in [-0.25, -0.2) is 4.79 Å². The summed E-state index contributed by atoms with van der Waals surface area (Å²) in [4.78, 5) is 37.9. The lowest BCUT2D eigenvalue weighted by Crippen LogP contribution is -2.26. The molecule has 1 saturated heterocycles. The van der Waals surface area contributed by atoms with Crippen LogP contribution in [0.5, 0.6) is 0 Å². The van der Waals surface area contributed by atoms with Gasteiger partial charge < -0.3 is 9.64 Å². The SMILES string of the molecule is CCOC(=O)c1cc(C)sc1N1CC(SC(C)=O)CC1=O. The minimum Gasteiger partial charge on any atom is -0.462 e. The molecule has 0 bridgehead atoms. The van der Waals surface area contributed by atoms with Gasteiger partial charge in [-0.1, -0.05) is 11.8 Å². The summed E-state index contributed by atoms with van der Waals surface area (Å²) in [6.07, 6.45) is 0.323. The zero-order chi connectivity index (χ0) is 15.6. The third kappa shape index (κ3) is 3.65. The quantitative estimate of drug-likeness (QED) is 0.796. The second-order valence-electron chi connectivity index (χ2n) is 4.74. The molecule has 1 aliphatic rings. The zero-order valence-corrected chi connectivity index (χ0v) is 13.8. The Bertz CT molecular complexity index is 582. The van der Waals surface area contributed by atoms with Gasteiger partial charge in [-0.15, -0.1) is 11.3 Å². The summed E-state index contributed by atoms with van der Waals surface area (Å²) in [5, 5.41) is 0.581. The van der Waals surface area contributed by atoms with E-state index < -0.39 is 5.97 Å². The average molecular weight is 327 g/mol. The summed E-state index contributed by atoms with van der Waals surface area (Å²) in [5.74, 6) is -0.464. The summed E-state index contributed by atoms with van der Waals surface area (Å²) < 4.78 is 5.04. The van der Waals surface area contributed by atoms with Gasteiger partial charge in [0.1, 0.15) is 5.00 Å². The monoisotopic (exact) mass is 327 g/mol. The van der Waals surface area contributed by atoms with Crippen LogP contribution < -0.4 is 4.90 Å². The van der Waals surface area contributed by atoms with Crippen LogP contribution in [0.4, 0.5) is 5.00 Å².